The number of nitrogens with zero attached hydrogens (tertiary/aromatic N) is 3. The minimum Gasteiger partial charge on any atom is -0.489 e. The van der Waals surface area contributed by atoms with Crippen LogP contribution in [0.2, 0.25) is 0 Å². The normalized spacial score (nSPS) is 11.1. The summed E-state index contributed by atoms with van der Waals surface area (Å²) in [5, 5.41) is 4.88. The van der Waals surface area contributed by atoms with Gasteiger partial charge in [0.2, 0.25) is 5.95 Å². The summed E-state index contributed by atoms with van der Waals surface area (Å²) in [5.41, 5.74) is 6.27. The molecule has 0 saturated heterocycles. The maximum atomic E-state index is 12.6. The molecule has 0 spiro atoms. The molecule has 0 saturated carbocycles. The van der Waals surface area contributed by atoms with Crippen molar-refractivity contribution >= 4 is 23.1 Å². The molecule has 0 aliphatic heterocycles. The van der Waals surface area contributed by atoms with Crippen LogP contribution >= 0.6 is 0 Å². The number of ether oxygens (including phenoxy) is 1. The van der Waals surface area contributed by atoms with Crippen LogP contribution in [0, 0.1) is 0 Å². The molecule has 4 aromatic carbocycles. The molecule has 1 aromatic heterocycles. The van der Waals surface area contributed by atoms with E-state index < -0.39 is 0 Å². The van der Waals surface area contributed by atoms with Crippen LogP contribution in [-0.2, 0) is 6.61 Å². The van der Waals surface area contributed by atoms with Crippen molar-refractivity contribution in [3.8, 4) is 11.4 Å². The van der Waals surface area contributed by atoms with E-state index >= 15 is 0 Å². The highest BCUT2D eigenvalue weighted by Crippen LogP contribution is 2.20. The van der Waals surface area contributed by atoms with Crippen molar-refractivity contribution in [1.82, 2.24) is 9.55 Å². The first-order chi connectivity index (χ1) is 16.8. The summed E-state index contributed by atoms with van der Waals surface area (Å²) >= 11 is 0. The standard InChI is InChI=1S/C28H22N4O2/c33-27-25-13-7-8-14-26(25)32(23-11-5-2-6-12-23)28(30-27)31-29-19-21-15-17-24(18-16-21)34-20-22-9-3-1-4-10-22/h1-19H,20H2,(H,30,31,33). The molecule has 34 heavy (non-hydrogen) atoms. The summed E-state index contributed by atoms with van der Waals surface area (Å²) in [6.07, 6.45) is 1.68. The molecule has 166 valence electrons. The second kappa shape index (κ2) is 9.83. The fraction of sp³-hybridized carbons (Fsp3) is 0.0357. The van der Waals surface area contributed by atoms with Crippen LogP contribution in [0.4, 0.5) is 5.95 Å². The van der Waals surface area contributed by atoms with Gasteiger partial charge in [-0.05, 0) is 59.7 Å². The first kappa shape index (κ1) is 21.2. The highest BCUT2D eigenvalue weighted by molar-refractivity contribution is 5.82. The van der Waals surface area contributed by atoms with Gasteiger partial charge < -0.3 is 4.74 Å². The number of aromatic nitrogens is 2. The first-order valence-electron chi connectivity index (χ1n) is 10.9. The highest BCUT2D eigenvalue weighted by atomic mass is 16.5. The Morgan fingerprint density at radius 3 is 2.26 bits per heavy atom. The minimum atomic E-state index is -0.305. The van der Waals surface area contributed by atoms with Crippen molar-refractivity contribution in [2.45, 2.75) is 6.61 Å². The number of fused-ring (bicyclic) bond motifs is 1. The van der Waals surface area contributed by atoms with Gasteiger partial charge in [-0.25, -0.2) is 5.43 Å². The van der Waals surface area contributed by atoms with E-state index in [1.807, 2.05) is 108 Å². The van der Waals surface area contributed by atoms with Crippen LogP contribution in [-0.4, -0.2) is 15.8 Å². The van der Waals surface area contributed by atoms with Crippen LogP contribution < -0.4 is 15.7 Å². The van der Waals surface area contributed by atoms with Crippen LogP contribution in [0.1, 0.15) is 11.1 Å². The fourth-order valence-electron chi connectivity index (χ4n) is 3.64. The summed E-state index contributed by atoms with van der Waals surface area (Å²) in [7, 11) is 0. The summed E-state index contributed by atoms with van der Waals surface area (Å²) in [6.45, 7) is 0.514. The quantitative estimate of drug-likeness (QED) is 0.268. The Morgan fingerprint density at radius 2 is 1.50 bits per heavy atom. The molecule has 0 fully saturated rings. The molecule has 0 bridgehead atoms. The summed E-state index contributed by atoms with van der Waals surface area (Å²) in [5.74, 6) is 1.12. The van der Waals surface area contributed by atoms with Crippen molar-refractivity contribution in [3.05, 3.63) is 131 Å². The Bertz CT molecular complexity index is 1480. The molecule has 1 N–H and O–H groups in total. The van der Waals surface area contributed by atoms with Crippen LogP contribution in [0.15, 0.2) is 119 Å². The van der Waals surface area contributed by atoms with Gasteiger partial charge in [-0.15, -0.1) is 0 Å². The highest BCUT2D eigenvalue weighted by Gasteiger charge is 2.11. The molecule has 1 heterocycles. The molecule has 0 amide bonds. The number of hydrazone groups is 1. The molecule has 0 unspecified atom stereocenters. The van der Waals surface area contributed by atoms with Crippen molar-refractivity contribution in [3.63, 3.8) is 0 Å². The molecule has 0 atom stereocenters. The number of para-hydroxylation sites is 2. The third-order valence-corrected chi connectivity index (χ3v) is 5.32. The van der Waals surface area contributed by atoms with Gasteiger partial charge in [0.05, 0.1) is 17.1 Å². The lowest BCUT2D eigenvalue weighted by atomic mass is 10.2. The van der Waals surface area contributed by atoms with Gasteiger partial charge in [0.1, 0.15) is 12.4 Å². The number of benzene rings is 4. The average Bonchev–Trinajstić information content (AvgIpc) is 2.89. The molecular weight excluding hydrogens is 424 g/mol. The molecule has 0 aliphatic rings. The van der Waals surface area contributed by atoms with E-state index in [1.165, 1.54) is 0 Å². The van der Waals surface area contributed by atoms with Crippen molar-refractivity contribution in [2.75, 3.05) is 5.43 Å². The molecule has 6 heteroatoms. The maximum absolute atomic E-state index is 12.6. The zero-order chi connectivity index (χ0) is 23.2. The average molecular weight is 447 g/mol. The Morgan fingerprint density at radius 1 is 0.824 bits per heavy atom. The Labute approximate surface area is 196 Å². The molecule has 5 aromatic rings. The van der Waals surface area contributed by atoms with Crippen LogP contribution in [0.25, 0.3) is 16.6 Å². The third kappa shape index (κ3) is 4.71. The minimum absolute atomic E-state index is 0.305. The van der Waals surface area contributed by atoms with Crippen molar-refractivity contribution < 1.29 is 4.74 Å². The predicted octanol–water partition coefficient (Wildman–Crippen LogP) is 5.41. The van der Waals surface area contributed by atoms with Gasteiger partial charge in [0, 0.05) is 5.69 Å². The Balaban J connectivity index is 1.36. The molecular formula is C28H22N4O2. The summed E-state index contributed by atoms with van der Waals surface area (Å²) in [4.78, 5) is 16.8. The van der Waals surface area contributed by atoms with Gasteiger partial charge in [-0.3, -0.25) is 9.36 Å². The first-order valence-corrected chi connectivity index (χ1v) is 10.9. The second-order valence-corrected chi connectivity index (χ2v) is 7.64. The fourth-order valence-corrected chi connectivity index (χ4v) is 3.64. The molecule has 0 aliphatic carbocycles. The van der Waals surface area contributed by atoms with Crippen LogP contribution in [0.3, 0.4) is 0 Å². The van der Waals surface area contributed by atoms with E-state index in [1.54, 1.807) is 12.3 Å². The largest absolute Gasteiger partial charge is 0.489 e. The molecule has 5 rings (SSSR count). The van der Waals surface area contributed by atoms with Gasteiger partial charge in [0.15, 0.2) is 0 Å². The lowest BCUT2D eigenvalue weighted by Gasteiger charge is -2.15. The van der Waals surface area contributed by atoms with Crippen molar-refractivity contribution in [1.29, 1.82) is 0 Å². The topological polar surface area (TPSA) is 68.5 Å². The lowest BCUT2D eigenvalue weighted by Crippen LogP contribution is -2.16. The SMILES string of the molecule is O=c1nc(NN=Cc2ccc(OCc3ccccc3)cc2)n(-c2ccccc2)c2ccccc12. The maximum Gasteiger partial charge on any atom is 0.282 e. The zero-order valence-electron chi connectivity index (χ0n) is 18.3. The van der Waals surface area contributed by atoms with Crippen molar-refractivity contribution in [2.24, 2.45) is 5.10 Å². The van der Waals surface area contributed by atoms with Crippen LogP contribution in [0.5, 0.6) is 5.75 Å². The van der Waals surface area contributed by atoms with Gasteiger partial charge in [-0.1, -0.05) is 60.7 Å². The summed E-state index contributed by atoms with van der Waals surface area (Å²) in [6, 6.07) is 34.8. The third-order valence-electron chi connectivity index (χ3n) is 5.32. The number of rotatable bonds is 7. The van der Waals surface area contributed by atoms with E-state index in [4.69, 9.17) is 4.74 Å². The van der Waals surface area contributed by atoms with E-state index in [0.29, 0.717) is 17.9 Å². The number of hydrogen-bond acceptors (Lipinski definition) is 5. The Hall–Kier alpha value is -4.71. The van der Waals surface area contributed by atoms with E-state index in [9.17, 15) is 4.79 Å². The number of hydrogen-bond donors (Lipinski definition) is 1. The van der Waals surface area contributed by atoms with Gasteiger partial charge in [0.25, 0.3) is 5.56 Å². The van der Waals surface area contributed by atoms with E-state index in [0.717, 1.165) is 28.1 Å². The monoisotopic (exact) mass is 446 g/mol. The van der Waals surface area contributed by atoms with E-state index in [-0.39, 0.29) is 5.56 Å². The Kier molecular flexibility index (Phi) is 6.12. The van der Waals surface area contributed by atoms with E-state index in [2.05, 4.69) is 15.5 Å². The van der Waals surface area contributed by atoms with Gasteiger partial charge in [-0.2, -0.15) is 10.1 Å². The number of nitrogens with one attached hydrogen (secondary N) is 1. The predicted molar refractivity (Wildman–Crippen MR) is 136 cm³/mol. The zero-order valence-corrected chi connectivity index (χ0v) is 18.3. The molecule has 6 nitrogen and oxygen atoms in total. The lowest BCUT2D eigenvalue weighted by molar-refractivity contribution is 0.306. The number of anilines is 1. The smallest absolute Gasteiger partial charge is 0.282 e. The second-order valence-electron chi connectivity index (χ2n) is 7.64. The summed E-state index contributed by atoms with van der Waals surface area (Å²) < 4.78 is 7.71. The van der Waals surface area contributed by atoms with Gasteiger partial charge >= 0.3 is 0 Å². The molecule has 0 radical (unpaired) electrons.